The van der Waals surface area contributed by atoms with Crippen molar-refractivity contribution >= 4 is 11.6 Å². The van der Waals surface area contributed by atoms with Crippen molar-refractivity contribution in [1.82, 2.24) is 14.9 Å². The second kappa shape index (κ2) is 5.31. The van der Waals surface area contributed by atoms with Gasteiger partial charge < -0.3 is 15.5 Å². The van der Waals surface area contributed by atoms with Gasteiger partial charge in [-0.25, -0.2) is 9.97 Å². The molecule has 1 aliphatic heterocycles. The Labute approximate surface area is 103 Å². The molecule has 0 aliphatic carbocycles. The van der Waals surface area contributed by atoms with Gasteiger partial charge in [0, 0.05) is 19.1 Å². The summed E-state index contributed by atoms with van der Waals surface area (Å²) in [6.07, 6.45) is 5.70. The lowest BCUT2D eigenvalue weighted by Gasteiger charge is -2.30. The van der Waals surface area contributed by atoms with E-state index in [1.54, 1.807) is 12.4 Å². The molecule has 2 heterocycles. The van der Waals surface area contributed by atoms with Crippen molar-refractivity contribution in [2.45, 2.75) is 25.8 Å². The molecule has 2 rings (SSSR count). The van der Waals surface area contributed by atoms with E-state index in [1.165, 1.54) is 6.42 Å². The van der Waals surface area contributed by atoms with E-state index in [4.69, 9.17) is 5.73 Å². The molecular formula is C12H21N5. The lowest BCUT2D eigenvalue weighted by atomic mass is 10.2. The molecule has 1 unspecified atom stereocenters. The normalized spacial score (nSPS) is 22.5. The molecule has 0 saturated carbocycles. The van der Waals surface area contributed by atoms with E-state index in [0.717, 1.165) is 31.9 Å². The molecule has 1 fully saturated rings. The monoisotopic (exact) mass is 235 g/mol. The zero-order valence-electron chi connectivity index (χ0n) is 10.6. The van der Waals surface area contributed by atoms with Crippen LogP contribution in [-0.4, -0.2) is 47.6 Å². The highest BCUT2D eigenvalue weighted by Crippen LogP contribution is 2.19. The largest absolute Gasteiger partial charge is 0.382 e. The summed E-state index contributed by atoms with van der Waals surface area (Å²) in [4.78, 5) is 13.3. The van der Waals surface area contributed by atoms with Crippen molar-refractivity contribution < 1.29 is 0 Å². The Balaban J connectivity index is 2.19. The summed E-state index contributed by atoms with van der Waals surface area (Å²) in [7, 11) is 2.18. The minimum atomic E-state index is 0.480. The van der Waals surface area contributed by atoms with Gasteiger partial charge in [0.1, 0.15) is 11.6 Å². The highest BCUT2D eigenvalue weighted by molar-refractivity contribution is 5.40. The molecular weight excluding hydrogens is 214 g/mol. The first-order valence-corrected chi connectivity index (χ1v) is 6.23. The average molecular weight is 235 g/mol. The minimum Gasteiger partial charge on any atom is -0.382 e. The first-order chi connectivity index (χ1) is 8.20. The summed E-state index contributed by atoms with van der Waals surface area (Å²) < 4.78 is 0. The number of nitrogens with zero attached hydrogens (tertiary/aromatic N) is 4. The third kappa shape index (κ3) is 2.85. The fourth-order valence-corrected chi connectivity index (χ4v) is 2.37. The molecule has 5 heteroatoms. The molecule has 1 aliphatic rings. The molecule has 94 valence electrons. The van der Waals surface area contributed by atoms with E-state index >= 15 is 0 Å². The Bertz CT molecular complexity index is 350. The van der Waals surface area contributed by atoms with Gasteiger partial charge in [-0.15, -0.1) is 0 Å². The van der Waals surface area contributed by atoms with Crippen molar-refractivity contribution in [3.63, 3.8) is 0 Å². The molecule has 0 aromatic carbocycles. The lowest BCUT2D eigenvalue weighted by Crippen LogP contribution is -2.40. The van der Waals surface area contributed by atoms with Gasteiger partial charge in [-0.2, -0.15) is 0 Å². The molecule has 17 heavy (non-hydrogen) atoms. The highest BCUT2D eigenvalue weighted by Gasteiger charge is 2.23. The zero-order chi connectivity index (χ0) is 12.3. The fraction of sp³-hybridized carbons (Fsp3) is 0.667. The third-order valence-corrected chi connectivity index (χ3v) is 3.33. The van der Waals surface area contributed by atoms with Crippen LogP contribution in [0.4, 0.5) is 11.6 Å². The molecule has 1 saturated heterocycles. The van der Waals surface area contributed by atoms with Crippen molar-refractivity contribution in [3.8, 4) is 0 Å². The van der Waals surface area contributed by atoms with Gasteiger partial charge >= 0.3 is 0 Å². The molecule has 1 aromatic heterocycles. The minimum absolute atomic E-state index is 0.480. The summed E-state index contributed by atoms with van der Waals surface area (Å²) in [6.45, 7) is 5.50. The van der Waals surface area contributed by atoms with E-state index in [-0.39, 0.29) is 0 Å². The predicted molar refractivity (Wildman–Crippen MR) is 70.0 cm³/mol. The smallest absolute Gasteiger partial charge is 0.147 e. The maximum absolute atomic E-state index is 5.58. The van der Waals surface area contributed by atoms with Crippen LogP contribution in [0.3, 0.4) is 0 Å². The van der Waals surface area contributed by atoms with Crippen LogP contribution in [0, 0.1) is 0 Å². The lowest BCUT2D eigenvalue weighted by molar-refractivity contribution is 0.327. The zero-order valence-corrected chi connectivity index (χ0v) is 10.6. The number of rotatable bonds is 2. The summed E-state index contributed by atoms with van der Waals surface area (Å²) in [6, 6.07) is 0.514. The Morgan fingerprint density at radius 1 is 1.35 bits per heavy atom. The Hall–Kier alpha value is -1.36. The van der Waals surface area contributed by atoms with Crippen molar-refractivity contribution in [2.24, 2.45) is 0 Å². The van der Waals surface area contributed by atoms with Crippen LogP contribution in [0.1, 0.15) is 19.8 Å². The molecule has 1 aromatic rings. The summed E-state index contributed by atoms with van der Waals surface area (Å²) in [5, 5.41) is 0. The number of hydrogen-bond donors (Lipinski definition) is 1. The van der Waals surface area contributed by atoms with Crippen LogP contribution < -0.4 is 10.6 Å². The predicted octanol–water partition coefficient (Wildman–Crippen LogP) is 0.979. The standard InChI is InChI=1S/C12H21N5/c1-3-10-9-16(2)5-4-6-17(10)12-8-14-11(13)7-15-12/h7-8,10H,3-6,9H2,1-2H3,(H2,13,14). The van der Waals surface area contributed by atoms with Crippen LogP contribution >= 0.6 is 0 Å². The average Bonchev–Trinajstić information content (AvgIpc) is 2.52. The Morgan fingerprint density at radius 2 is 2.18 bits per heavy atom. The summed E-state index contributed by atoms with van der Waals surface area (Å²) in [5.74, 6) is 1.43. The van der Waals surface area contributed by atoms with Crippen molar-refractivity contribution in [3.05, 3.63) is 12.4 Å². The van der Waals surface area contributed by atoms with E-state index in [2.05, 4.69) is 33.7 Å². The second-order valence-electron chi connectivity index (χ2n) is 4.67. The van der Waals surface area contributed by atoms with Gasteiger partial charge in [-0.3, -0.25) is 0 Å². The first kappa shape index (κ1) is 12.1. The van der Waals surface area contributed by atoms with Crippen LogP contribution in [0.5, 0.6) is 0 Å². The molecule has 2 N–H and O–H groups in total. The van der Waals surface area contributed by atoms with E-state index in [1.807, 2.05) is 0 Å². The van der Waals surface area contributed by atoms with Crippen molar-refractivity contribution in [2.75, 3.05) is 37.3 Å². The Kier molecular flexibility index (Phi) is 3.78. The van der Waals surface area contributed by atoms with E-state index in [0.29, 0.717) is 11.9 Å². The highest BCUT2D eigenvalue weighted by atomic mass is 15.3. The van der Waals surface area contributed by atoms with Crippen LogP contribution in [0.2, 0.25) is 0 Å². The SMILES string of the molecule is CCC1CN(C)CCCN1c1cnc(N)cn1. The fourth-order valence-electron chi connectivity index (χ4n) is 2.37. The van der Waals surface area contributed by atoms with Crippen LogP contribution in [0.25, 0.3) is 0 Å². The summed E-state index contributed by atoms with van der Waals surface area (Å²) >= 11 is 0. The van der Waals surface area contributed by atoms with Gasteiger partial charge in [-0.1, -0.05) is 6.92 Å². The van der Waals surface area contributed by atoms with Crippen molar-refractivity contribution in [1.29, 1.82) is 0 Å². The van der Waals surface area contributed by atoms with Gasteiger partial charge in [0.15, 0.2) is 0 Å². The maximum Gasteiger partial charge on any atom is 0.147 e. The van der Waals surface area contributed by atoms with Crippen LogP contribution in [0.15, 0.2) is 12.4 Å². The van der Waals surface area contributed by atoms with Gasteiger partial charge in [0.25, 0.3) is 0 Å². The number of likely N-dealkylation sites (N-methyl/N-ethyl adjacent to an activating group) is 1. The van der Waals surface area contributed by atoms with Gasteiger partial charge in [-0.05, 0) is 26.4 Å². The summed E-state index contributed by atoms with van der Waals surface area (Å²) in [5.41, 5.74) is 5.58. The molecule has 0 amide bonds. The van der Waals surface area contributed by atoms with Crippen LogP contribution in [-0.2, 0) is 0 Å². The molecule has 0 spiro atoms. The number of nitrogen functional groups attached to an aromatic ring is 1. The van der Waals surface area contributed by atoms with E-state index < -0.39 is 0 Å². The quantitative estimate of drug-likeness (QED) is 0.828. The van der Waals surface area contributed by atoms with Gasteiger partial charge in [0.2, 0.25) is 0 Å². The first-order valence-electron chi connectivity index (χ1n) is 6.23. The Morgan fingerprint density at radius 3 is 2.82 bits per heavy atom. The molecule has 5 nitrogen and oxygen atoms in total. The molecule has 0 radical (unpaired) electrons. The molecule has 0 bridgehead atoms. The topological polar surface area (TPSA) is 58.3 Å². The second-order valence-corrected chi connectivity index (χ2v) is 4.67. The number of nitrogens with two attached hydrogens (primary N) is 1. The maximum atomic E-state index is 5.58. The number of anilines is 2. The number of aromatic nitrogens is 2. The number of hydrogen-bond acceptors (Lipinski definition) is 5. The molecule has 1 atom stereocenters. The third-order valence-electron chi connectivity index (χ3n) is 3.33. The van der Waals surface area contributed by atoms with E-state index in [9.17, 15) is 0 Å². The van der Waals surface area contributed by atoms with Gasteiger partial charge in [0.05, 0.1) is 12.4 Å².